The summed E-state index contributed by atoms with van der Waals surface area (Å²) in [5.41, 5.74) is 10.7. The van der Waals surface area contributed by atoms with Crippen molar-refractivity contribution in [1.82, 2.24) is 0 Å². The van der Waals surface area contributed by atoms with Gasteiger partial charge in [-0.25, -0.2) is 0 Å². The Balaban J connectivity index is 1.51. The van der Waals surface area contributed by atoms with Crippen LogP contribution in [0.15, 0.2) is 133 Å². The summed E-state index contributed by atoms with van der Waals surface area (Å²) in [5.74, 6) is 0. The van der Waals surface area contributed by atoms with Gasteiger partial charge in [-0.15, -0.1) is 0 Å². The Morgan fingerprint density at radius 2 is 0.949 bits per heavy atom. The molecule has 0 aliphatic heterocycles. The third-order valence-corrected chi connectivity index (χ3v) is 8.85. The molecule has 0 nitrogen and oxygen atoms in total. The van der Waals surface area contributed by atoms with Crippen molar-refractivity contribution in [2.24, 2.45) is 0 Å². The van der Waals surface area contributed by atoms with Crippen molar-refractivity contribution in [3.8, 4) is 33.4 Å². The number of hydrogen-bond acceptors (Lipinski definition) is 0. The second-order valence-corrected chi connectivity index (χ2v) is 11.3. The van der Waals surface area contributed by atoms with Gasteiger partial charge < -0.3 is 0 Å². The van der Waals surface area contributed by atoms with Crippen molar-refractivity contribution in [1.29, 1.82) is 0 Å². The van der Waals surface area contributed by atoms with Crippen LogP contribution in [0.5, 0.6) is 0 Å². The highest BCUT2D eigenvalue weighted by Crippen LogP contribution is 2.51. The largest absolute Gasteiger partial charge is 0.0622 e. The van der Waals surface area contributed by atoms with Crippen molar-refractivity contribution >= 4 is 32.3 Å². The van der Waals surface area contributed by atoms with Crippen molar-refractivity contribution in [3.63, 3.8) is 0 Å². The second-order valence-electron chi connectivity index (χ2n) is 11.3. The molecular weight excluding hydrogens is 468 g/mol. The van der Waals surface area contributed by atoms with Gasteiger partial charge in [0.05, 0.1) is 0 Å². The van der Waals surface area contributed by atoms with Crippen LogP contribution >= 0.6 is 0 Å². The van der Waals surface area contributed by atoms with Gasteiger partial charge in [-0.3, -0.25) is 0 Å². The van der Waals surface area contributed by atoms with Crippen LogP contribution in [0.2, 0.25) is 0 Å². The highest BCUT2D eigenvalue weighted by molar-refractivity contribution is 6.23. The summed E-state index contributed by atoms with van der Waals surface area (Å²) < 4.78 is 0. The monoisotopic (exact) mass is 496 g/mol. The lowest BCUT2D eigenvalue weighted by molar-refractivity contribution is 0.661. The summed E-state index contributed by atoms with van der Waals surface area (Å²) in [6, 6.07) is 49.3. The Morgan fingerprint density at radius 3 is 1.64 bits per heavy atom. The Kier molecular flexibility index (Phi) is 4.67. The fourth-order valence-corrected chi connectivity index (χ4v) is 7.03. The maximum atomic E-state index is 2.46. The Labute approximate surface area is 229 Å². The SMILES string of the molecule is CC1(C)c2ccccc2-c2cc3c(-c4c5ccccc5c(-c5ccccc5)c5ccccc45)cccc3cc21. The molecule has 0 aromatic heterocycles. The van der Waals surface area contributed by atoms with E-state index in [0.717, 1.165) is 0 Å². The van der Waals surface area contributed by atoms with Gasteiger partial charge in [-0.1, -0.05) is 135 Å². The molecule has 0 bridgehead atoms. The van der Waals surface area contributed by atoms with Crippen molar-refractivity contribution < 1.29 is 0 Å². The lowest BCUT2D eigenvalue weighted by Gasteiger charge is -2.22. The first-order valence-corrected chi connectivity index (χ1v) is 13.8. The van der Waals surface area contributed by atoms with Crippen LogP contribution in [0, 0.1) is 0 Å². The van der Waals surface area contributed by atoms with Crippen LogP contribution in [-0.4, -0.2) is 0 Å². The first-order valence-electron chi connectivity index (χ1n) is 13.8. The standard InChI is InChI=1S/C39H28/c1-39(2)35-22-11-10-16-27(35)34-24-33-26(23-36(34)39)15-12-21-32(33)38-30-19-8-6-17-28(30)37(25-13-4-3-5-14-25)29-18-7-9-20-31(29)38/h3-24H,1-2H3. The van der Waals surface area contributed by atoms with Gasteiger partial charge in [-0.2, -0.15) is 0 Å². The van der Waals surface area contributed by atoms with E-state index in [9.17, 15) is 0 Å². The van der Waals surface area contributed by atoms with Gasteiger partial charge in [0.15, 0.2) is 0 Å². The predicted octanol–water partition coefficient (Wildman–Crippen LogP) is 10.8. The fraction of sp³-hybridized carbons (Fsp3) is 0.0769. The molecule has 7 aromatic carbocycles. The minimum Gasteiger partial charge on any atom is -0.0622 e. The van der Waals surface area contributed by atoms with E-state index in [-0.39, 0.29) is 5.41 Å². The van der Waals surface area contributed by atoms with E-state index < -0.39 is 0 Å². The Morgan fingerprint density at radius 1 is 0.385 bits per heavy atom. The molecule has 184 valence electrons. The molecule has 0 saturated heterocycles. The van der Waals surface area contributed by atoms with Crippen LogP contribution in [0.3, 0.4) is 0 Å². The summed E-state index contributed by atoms with van der Waals surface area (Å²) in [6.45, 7) is 4.72. The van der Waals surface area contributed by atoms with Gasteiger partial charge in [0.1, 0.15) is 0 Å². The van der Waals surface area contributed by atoms with Gasteiger partial charge in [0.2, 0.25) is 0 Å². The predicted molar refractivity (Wildman–Crippen MR) is 167 cm³/mol. The van der Waals surface area contributed by atoms with E-state index in [1.165, 1.54) is 76.8 Å². The first kappa shape index (κ1) is 22.3. The van der Waals surface area contributed by atoms with Gasteiger partial charge in [-0.05, 0) is 89.0 Å². The molecule has 0 spiro atoms. The average molecular weight is 497 g/mol. The van der Waals surface area contributed by atoms with Crippen molar-refractivity contribution in [3.05, 3.63) is 145 Å². The summed E-state index contributed by atoms with van der Waals surface area (Å²) in [5, 5.41) is 7.79. The summed E-state index contributed by atoms with van der Waals surface area (Å²) in [4.78, 5) is 0. The van der Waals surface area contributed by atoms with E-state index in [1.54, 1.807) is 0 Å². The lowest BCUT2D eigenvalue weighted by atomic mass is 9.81. The van der Waals surface area contributed by atoms with E-state index in [4.69, 9.17) is 0 Å². The first-order chi connectivity index (χ1) is 19.1. The summed E-state index contributed by atoms with van der Waals surface area (Å²) in [7, 11) is 0. The van der Waals surface area contributed by atoms with E-state index in [1.807, 2.05) is 0 Å². The van der Waals surface area contributed by atoms with Crippen LogP contribution in [-0.2, 0) is 5.41 Å². The highest BCUT2D eigenvalue weighted by Gasteiger charge is 2.35. The van der Waals surface area contributed by atoms with Crippen LogP contribution in [0.1, 0.15) is 25.0 Å². The molecule has 7 aromatic rings. The normalized spacial score (nSPS) is 13.6. The van der Waals surface area contributed by atoms with E-state index in [0.29, 0.717) is 0 Å². The zero-order chi connectivity index (χ0) is 26.1. The molecule has 0 saturated carbocycles. The fourth-order valence-electron chi connectivity index (χ4n) is 7.03. The molecule has 0 heteroatoms. The second kappa shape index (κ2) is 8.16. The number of hydrogen-bond donors (Lipinski definition) is 0. The van der Waals surface area contributed by atoms with E-state index in [2.05, 4.69) is 147 Å². The molecule has 0 amide bonds. The zero-order valence-electron chi connectivity index (χ0n) is 22.2. The van der Waals surface area contributed by atoms with Crippen LogP contribution < -0.4 is 0 Å². The molecule has 0 heterocycles. The quantitative estimate of drug-likeness (QED) is 0.209. The smallest absolute Gasteiger partial charge is 0.0159 e. The van der Waals surface area contributed by atoms with Gasteiger partial charge in [0.25, 0.3) is 0 Å². The zero-order valence-corrected chi connectivity index (χ0v) is 22.2. The topological polar surface area (TPSA) is 0 Å². The maximum Gasteiger partial charge on any atom is 0.0159 e. The lowest BCUT2D eigenvalue weighted by Crippen LogP contribution is -2.14. The molecule has 0 N–H and O–H groups in total. The Hall–Kier alpha value is -4.68. The Bertz CT molecular complexity index is 2020. The highest BCUT2D eigenvalue weighted by atomic mass is 14.4. The molecule has 0 fully saturated rings. The number of fused-ring (bicyclic) bond motifs is 6. The minimum absolute atomic E-state index is 0.00710. The van der Waals surface area contributed by atoms with Crippen molar-refractivity contribution in [2.75, 3.05) is 0 Å². The number of benzene rings is 7. The summed E-state index contributed by atoms with van der Waals surface area (Å²) in [6.07, 6.45) is 0. The van der Waals surface area contributed by atoms with Gasteiger partial charge in [0, 0.05) is 5.41 Å². The summed E-state index contributed by atoms with van der Waals surface area (Å²) >= 11 is 0. The third-order valence-electron chi connectivity index (χ3n) is 8.85. The maximum absolute atomic E-state index is 2.46. The van der Waals surface area contributed by atoms with Crippen LogP contribution in [0.4, 0.5) is 0 Å². The van der Waals surface area contributed by atoms with E-state index >= 15 is 0 Å². The number of rotatable bonds is 2. The molecule has 0 unspecified atom stereocenters. The van der Waals surface area contributed by atoms with Crippen molar-refractivity contribution in [2.45, 2.75) is 19.3 Å². The van der Waals surface area contributed by atoms with Gasteiger partial charge >= 0.3 is 0 Å². The van der Waals surface area contributed by atoms with Crippen LogP contribution in [0.25, 0.3) is 65.7 Å². The molecular formula is C39H28. The average Bonchev–Trinajstić information content (AvgIpc) is 3.21. The molecule has 1 aliphatic rings. The molecule has 0 atom stereocenters. The molecule has 39 heavy (non-hydrogen) atoms. The third kappa shape index (κ3) is 3.12. The molecule has 8 rings (SSSR count). The molecule has 1 aliphatic carbocycles. The molecule has 0 radical (unpaired) electrons. The minimum atomic E-state index is -0.00710.